The lowest BCUT2D eigenvalue weighted by molar-refractivity contribution is -0.156. The summed E-state index contributed by atoms with van der Waals surface area (Å²) in [4.78, 5) is 11.3. The summed E-state index contributed by atoms with van der Waals surface area (Å²) in [6.45, 7) is 9.19. The van der Waals surface area contributed by atoms with Crippen LogP contribution < -0.4 is 5.73 Å². The van der Waals surface area contributed by atoms with E-state index >= 15 is 0 Å². The lowest BCUT2D eigenvalue weighted by Gasteiger charge is -2.28. The first-order valence-electron chi connectivity index (χ1n) is 5.13. The van der Waals surface area contributed by atoms with E-state index in [1.165, 1.54) is 0 Å². The number of hydrogen-bond acceptors (Lipinski definition) is 3. The maximum absolute atomic E-state index is 11.3. The normalized spacial score (nSPS) is 11.1. The molecular formula is C11H21NO2. The Bertz CT molecular complexity index is 205. The number of carbonyl (C=O) groups excluding carboxylic acids is 1. The molecule has 14 heavy (non-hydrogen) atoms. The van der Waals surface area contributed by atoms with Gasteiger partial charge in [-0.05, 0) is 6.92 Å². The van der Waals surface area contributed by atoms with Crippen LogP contribution in [0.15, 0.2) is 12.2 Å². The Kier molecular flexibility index (Phi) is 5.46. The van der Waals surface area contributed by atoms with E-state index in [4.69, 9.17) is 10.5 Å². The summed E-state index contributed by atoms with van der Waals surface area (Å²) >= 11 is 0. The van der Waals surface area contributed by atoms with Crippen LogP contribution in [0.2, 0.25) is 0 Å². The third kappa shape index (κ3) is 4.42. The number of esters is 1. The van der Waals surface area contributed by atoms with Gasteiger partial charge in [-0.1, -0.05) is 33.3 Å². The molecule has 0 radical (unpaired) electrons. The van der Waals surface area contributed by atoms with Crippen molar-refractivity contribution in [1.29, 1.82) is 0 Å². The summed E-state index contributed by atoms with van der Waals surface area (Å²) in [6, 6.07) is 0. The molecule has 0 spiro atoms. The van der Waals surface area contributed by atoms with E-state index in [-0.39, 0.29) is 0 Å². The molecule has 0 amide bonds. The quantitative estimate of drug-likeness (QED) is 0.406. The lowest BCUT2D eigenvalue weighted by Crippen LogP contribution is -2.44. The molecule has 0 bridgehead atoms. The van der Waals surface area contributed by atoms with Gasteiger partial charge in [-0.15, -0.1) is 0 Å². The number of nitrogens with two attached hydrogens (primary N) is 1. The molecule has 0 saturated heterocycles. The predicted molar refractivity (Wildman–Crippen MR) is 57.6 cm³/mol. The summed E-state index contributed by atoms with van der Waals surface area (Å²) in [5.41, 5.74) is 5.56. The summed E-state index contributed by atoms with van der Waals surface area (Å²) < 4.78 is 5.22. The van der Waals surface area contributed by atoms with E-state index < -0.39 is 11.7 Å². The Labute approximate surface area is 86.3 Å². The zero-order valence-corrected chi connectivity index (χ0v) is 9.43. The molecule has 2 N–H and O–H groups in total. The first-order chi connectivity index (χ1) is 6.45. The van der Waals surface area contributed by atoms with Crippen molar-refractivity contribution in [3.63, 3.8) is 0 Å². The zero-order valence-electron chi connectivity index (χ0n) is 9.43. The van der Waals surface area contributed by atoms with Crippen LogP contribution in [0.4, 0.5) is 0 Å². The molecule has 0 aliphatic carbocycles. The second kappa shape index (κ2) is 5.81. The zero-order chi connectivity index (χ0) is 11.2. The fraction of sp³-hybridized carbons (Fsp3) is 0.727. The fourth-order valence-corrected chi connectivity index (χ4v) is 1.35. The molecule has 0 saturated carbocycles. The molecule has 0 atom stereocenters. The van der Waals surface area contributed by atoms with Gasteiger partial charge in [0, 0.05) is 18.4 Å². The van der Waals surface area contributed by atoms with Crippen LogP contribution in [0.5, 0.6) is 0 Å². The molecule has 0 aromatic rings. The van der Waals surface area contributed by atoms with E-state index in [1.54, 1.807) is 6.92 Å². The highest BCUT2D eigenvalue weighted by Crippen LogP contribution is 2.19. The molecule has 0 aliphatic rings. The van der Waals surface area contributed by atoms with Crippen LogP contribution in [0, 0.1) is 0 Å². The van der Waals surface area contributed by atoms with Crippen molar-refractivity contribution in [2.45, 2.75) is 52.2 Å². The summed E-state index contributed by atoms with van der Waals surface area (Å²) in [6.07, 6.45) is 3.19. The van der Waals surface area contributed by atoms with Crippen LogP contribution in [0.3, 0.4) is 0 Å². The van der Waals surface area contributed by atoms with Gasteiger partial charge in [-0.3, -0.25) is 5.73 Å². The van der Waals surface area contributed by atoms with Crippen LogP contribution in [-0.4, -0.2) is 11.7 Å². The second-order valence-electron chi connectivity index (χ2n) is 3.73. The van der Waals surface area contributed by atoms with Crippen molar-refractivity contribution >= 4 is 5.97 Å². The van der Waals surface area contributed by atoms with E-state index in [0.29, 0.717) is 18.4 Å². The number of carbonyl (C=O) groups is 1. The monoisotopic (exact) mass is 199 g/mol. The molecule has 0 heterocycles. The molecule has 3 heteroatoms. The molecule has 0 aromatic carbocycles. The molecule has 82 valence electrons. The molecule has 0 fully saturated rings. The average Bonchev–Trinajstić information content (AvgIpc) is 2.04. The number of rotatable bonds is 6. The minimum Gasteiger partial charge on any atom is -0.441 e. The second-order valence-corrected chi connectivity index (χ2v) is 3.73. The van der Waals surface area contributed by atoms with Gasteiger partial charge in [0.05, 0.1) is 0 Å². The predicted octanol–water partition coefficient (Wildman–Crippen LogP) is 2.36. The molecule has 0 aromatic heterocycles. The van der Waals surface area contributed by atoms with Crippen molar-refractivity contribution in [2.75, 3.05) is 0 Å². The van der Waals surface area contributed by atoms with Gasteiger partial charge in [0.2, 0.25) is 0 Å². The van der Waals surface area contributed by atoms with Gasteiger partial charge >= 0.3 is 5.97 Å². The van der Waals surface area contributed by atoms with Gasteiger partial charge < -0.3 is 4.74 Å². The van der Waals surface area contributed by atoms with Gasteiger partial charge in [-0.25, -0.2) is 4.79 Å². The van der Waals surface area contributed by atoms with Crippen molar-refractivity contribution < 1.29 is 9.53 Å². The van der Waals surface area contributed by atoms with Crippen LogP contribution >= 0.6 is 0 Å². The molecular weight excluding hydrogens is 178 g/mol. The Morgan fingerprint density at radius 2 is 1.79 bits per heavy atom. The summed E-state index contributed by atoms with van der Waals surface area (Å²) in [5.74, 6) is -0.394. The molecule has 0 aliphatic heterocycles. The van der Waals surface area contributed by atoms with Crippen molar-refractivity contribution in [3.05, 3.63) is 12.2 Å². The van der Waals surface area contributed by atoms with Gasteiger partial charge in [0.1, 0.15) is 0 Å². The Morgan fingerprint density at radius 3 is 2.07 bits per heavy atom. The third-order valence-corrected chi connectivity index (χ3v) is 1.99. The molecule has 3 nitrogen and oxygen atoms in total. The average molecular weight is 199 g/mol. The lowest BCUT2D eigenvalue weighted by atomic mass is 10.0. The highest BCUT2D eigenvalue weighted by Gasteiger charge is 2.27. The van der Waals surface area contributed by atoms with E-state index in [2.05, 4.69) is 6.58 Å². The highest BCUT2D eigenvalue weighted by atomic mass is 16.6. The maximum atomic E-state index is 11.3. The molecule has 0 rings (SSSR count). The number of hydrogen-bond donors (Lipinski definition) is 1. The Morgan fingerprint density at radius 1 is 1.36 bits per heavy atom. The number of ether oxygens (including phenoxy) is 1. The van der Waals surface area contributed by atoms with Crippen molar-refractivity contribution in [2.24, 2.45) is 5.73 Å². The van der Waals surface area contributed by atoms with Crippen LogP contribution in [-0.2, 0) is 9.53 Å². The van der Waals surface area contributed by atoms with Crippen molar-refractivity contribution in [3.8, 4) is 0 Å². The highest BCUT2D eigenvalue weighted by molar-refractivity contribution is 5.87. The van der Waals surface area contributed by atoms with Crippen LogP contribution in [0.1, 0.15) is 46.5 Å². The largest absolute Gasteiger partial charge is 0.441 e. The smallest absolute Gasteiger partial charge is 0.334 e. The first-order valence-corrected chi connectivity index (χ1v) is 5.13. The maximum Gasteiger partial charge on any atom is 0.334 e. The van der Waals surface area contributed by atoms with E-state index in [0.717, 1.165) is 12.8 Å². The SMILES string of the molecule is C=C(C)C(=O)OC(N)(CCC)CCC. The van der Waals surface area contributed by atoms with E-state index in [1.807, 2.05) is 13.8 Å². The van der Waals surface area contributed by atoms with Gasteiger partial charge in [0.25, 0.3) is 0 Å². The Balaban J connectivity index is 4.35. The minimum atomic E-state index is -0.806. The van der Waals surface area contributed by atoms with Crippen LogP contribution in [0.25, 0.3) is 0 Å². The third-order valence-electron chi connectivity index (χ3n) is 1.99. The summed E-state index contributed by atoms with van der Waals surface area (Å²) in [5, 5.41) is 0. The topological polar surface area (TPSA) is 52.3 Å². The standard InChI is InChI=1S/C11H21NO2/c1-5-7-11(12,8-6-2)14-10(13)9(3)4/h3,5-8,12H2,1-2,4H3. The fourth-order valence-electron chi connectivity index (χ4n) is 1.35. The van der Waals surface area contributed by atoms with Crippen molar-refractivity contribution in [1.82, 2.24) is 0 Å². The summed E-state index contributed by atoms with van der Waals surface area (Å²) in [7, 11) is 0. The minimum absolute atomic E-state index is 0.394. The first kappa shape index (κ1) is 13.2. The van der Waals surface area contributed by atoms with Gasteiger partial charge in [-0.2, -0.15) is 0 Å². The van der Waals surface area contributed by atoms with E-state index in [9.17, 15) is 4.79 Å². The molecule has 0 unspecified atom stereocenters. The Hall–Kier alpha value is -0.830. The van der Waals surface area contributed by atoms with Gasteiger partial charge in [0.15, 0.2) is 5.72 Å².